The zero-order valence-electron chi connectivity index (χ0n) is 12.4. The van der Waals surface area contributed by atoms with Gasteiger partial charge in [-0.05, 0) is 12.1 Å². The van der Waals surface area contributed by atoms with Crippen molar-refractivity contribution in [3.63, 3.8) is 0 Å². The molecule has 0 radical (unpaired) electrons. The fourth-order valence-electron chi connectivity index (χ4n) is 2.04. The second-order valence-electron chi connectivity index (χ2n) is 4.87. The van der Waals surface area contributed by atoms with Crippen LogP contribution in [-0.2, 0) is 16.1 Å². The van der Waals surface area contributed by atoms with Gasteiger partial charge in [0.2, 0.25) is 11.8 Å². The van der Waals surface area contributed by atoms with Crippen LogP contribution in [0.15, 0.2) is 30.5 Å². The van der Waals surface area contributed by atoms with E-state index in [0.29, 0.717) is 18.1 Å². The minimum Gasteiger partial charge on any atom is -0.308 e. The third-order valence-electron chi connectivity index (χ3n) is 3.16. The number of hydrogen-bond acceptors (Lipinski definition) is 5. The maximum Gasteiger partial charge on any atom is 0.247 e. The first-order valence-electron chi connectivity index (χ1n) is 7.08. The quantitative estimate of drug-likeness (QED) is 0.653. The van der Waals surface area contributed by atoms with Gasteiger partial charge in [-0.1, -0.05) is 24.3 Å². The number of hydrogen-bond donors (Lipinski definition) is 3. The molecule has 0 bridgehead atoms. The summed E-state index contributed by atoms with van der Waals surface area (Å²) < 4.78 is 1.34. The molecule has 0 saturated carbocycles. The van der Waals surface area contributed by atoms with Crippen LogP contribution in [0.1, 0.15) is 13.3 Å². The van der Waals surface area contributed by atoms with E-state index in [1.54, 1.807) is 6.92 Å². The summed E-state index contributed by atoms with van der Waals surface area (Å²) in [5.74, 6) is 0.324. The lowest BCUT2D eigenvalue weighted by atomic mass is 10.2. The lowest BCUT2D eigenvalue weighted by Crippen LogP contribution is -2.19. The van der Waals surface area contributed by atoms with Crippen molar-refractivity contribution >= 4 is 34.4 Å². The maximum atomic E-state index is 12.1. The van der Waals surface area contributed by atoms with Gasteiger partial charge in [0.25, 0.3) is 0 Å². The normalized spacial score (nSPS) is 10.7. The molecule has 3 aromatic rings. The molecule has 3 rings (SSSR count). The first-order valence-corrected chi connectivity index (χ1v) is 7.08. The summed E-state index contributed by atoms with van der Waals surface area (Å²) >= 11 is 0. The Balaban J connectivity index is 1.64. The number of benzene rings is 1. The lowest BCUT2D eigenvalue weighted by Gasteiger charge is -2.02. The smallest absolute Gasteiger partial charge is 0.247 e. The summed E-state index contributed by atoms with van der Waals surface area (Å²) in [4.78, 5) is 23.3. The number of nitrogens with zero attached hydrogens (tertiary/aromatic N) is 4. The molecular formula is C14H15N7O2. The van der Waals surface area contributed by atoms with Gasteiger partial charge in [-0.3, -0.25) is 14.7 Å². The first kappa shape index (κ1) is 14.7. The van der Waals surface area contributed by atoms with Crippen LogP contribution in [0, 0.1) is 0 Å². The molecule has 1 aromatic carbocycles. The highest BCUT2D eigenvalue weighted by atomic mass is 16.2. The van der Waals surface area contributed by atoms with Gasteiger partial charge >= 0.3 is 0 Å². The number of H-pyrrole nitrogens is 1. The first-order chi connectivity index (χ1) is 11.2. The van der Waals surface area contributed by atoms with E-state index in [-0.39, 0.29) is 18.4 Å². The van der Waals surface area contributed by atoms with E-state index in [4.69, 9.17) is 0 Å². The highest BCUT2D eigenvalue weighted by Crippen LogP contribution is 2.19. The number of anilines is 2. The Morgan fingerprint density at radius 3 is 2.87 bits per heavy atom. The largest absolute Gasteiger partial charge is 0.308 e. The number of carbonyl (C=O) groups is 2. The minimum atomic E-state index is -0.291. The number of aromatic amines is 1. The second-order valence-corrected chi connectivity index (χ2v) is 4.87. The highest BCUT2D eigenvalue weighted by Gasteiger charge is 2.11. The molecule has 0 aliphatic rings. The van der Waals surface area contributed by atoms with Crippen molar-refractivity contribution in [2.24, 2.45) is 0 Å². The lowest BCUT2D eigenvalue weighted by molar-refractivity contribution is -0.117. The number of para-hydroxylation sites is 1. The Labute approximate surface area is 131 Å². The molecule has 3 N–H and O–H groups in total. The van der Waals surface area contributed by atoms with Gasteiger partial charge in [0.1, 0.15) is 6.54 Å². The second kappa shape index (κ2) is 6.26. The van der Waals surface area contributed by atoms with Crippen LogP contribution < -0.4 is 10.6 Å². The molecule has 118 valence electrons. The number of amides is 2. The monoisotopic (exact) mass is 313 g/mol. The summed E-state index contributed by atoms with van der Waals surface area (Å²) in [6.07, 6.45) is 1.84. The third kappa shape index (κ3) is 3.34. The predicted molar refractivity (Wildman–Crippen MR) is 83.7 cm³/mol. The number of rotatable bonds is 5. The average Bonchev–Trinajstić information content (AvgIpc) is 3.15. The molecule has 0 fully saturated rings. The zero-order valence-corrected chi connectivity index (χ0v) is 12.4. The summed E-state index contributed by atoms with van der Waals surface area (Å²) in [7, 11) is 0. The SMILES string of the molecule is CCC(=O)Nc1cn(CC(=O)Nc2n[nH]c3ccccc23)nn1. The topological polar surface area (TPSA) is 118 Å². The fraction of sp³-hybridized carbons (Fsp3) is 0.214. The molecule has 2 aromatic heterocycles. The van der Waals surface area contributed by atoms with Gasteiger partial charge in [-0.15, -0.1) is 5.10 Å². The molecular weight excluding hydrogens is 298 g/mol. The van der Waals surface area contributed by atoms with Gasteiger partial charge < -0.3 is 10.6 Å². The molecule has 0 aliphatic heterocycles. The summed E-state index contributed by atoms with van der Waals surface area (Å²) in [5, 5.41) is 20.6. The molecule has 0 unspecified atom stereocenters. The average molecular weight is 313 g/mol. The Hall–Kier alpha value is -3.23. The van der Waals surface area contributed by atoms with E-state index in [0.717, 1.165) is 10.9 Å². The van der Waals surface area contributed by atoms with Crippen LogP contribution in [0.25, 0.3) is 10.9 Å². The van der Waals surface area contributed by atoms with Crippen LogP contribution in [0.3, 0.4) is 0 Å². The van der Waals surface area contributed by atoms with Gasteiger partial charge in [0.15, 0.2) is 11.6 Å². The predicted octanol–water partition coefficient (Wildman–Crippen LogP) is 1.14. The Bertz CT molecular complexity index is 852. The molecule has 23 heavy (non-hydrogen) atoms. The number of carbonyl (C=O) groups excluding carboxylic acids is 2. The van der Waals surface area contributed by atoms with Gasteiger partial charge in [0.05, 0.1) is 11.7 Å². The van der Waals surface area contributed by atoms with Crippen LogP contribution >= 0.6 is 0 Å². The molecule has 9 heteroatoms. The van der Waals surface area contributed by atoms with Crippen molar-refractivity contribution < 1.29 is 9.59 Å². The van der Waals surface area contributed by atoms with Crippen molar-refractivity contribution in [2.45, 2.75) is 19.9 Å². The maximum absolute atomic E-state index is 12.1. The van der Waals surface area contributed by atoms with Gasteiger partial charge in [-0.2, -0.15) is 5.10 Å². The van der Waals surface area contributed by atoms with E-state index in [2.05, 4.69) is 31.1 Å². The van der Waals surface area contributed by atoms with Gasteiger partial charge in [0, 0.05) is 11.8 Å². The van der Waals surface area contributed by atoms with Crippen LogP contribution in [0.4, 0.5) is 11.6 Å². The minimum absolute atomic E-state index is 0.0316. The van der Waals surface area contributed by atoms with E-state index in [1.807, 2.05) is 24.3 Å². The zero-order chi connectivity index (χ0) is 16.2. The van der Waals surface area contributed by atoms with E-state index >= 15 is 0 Å². The van der Waals surface area contributed by atoms with Crippen molar-refractivity contribution in [1.82, 2.24) is 25.2 Å². The highest BCUT2D eigenvalue weighted by molar-refractivity contribution is 5.99. The molecule has 0 atom stereocenters. The number of nitrogens with one attached hydrogen (secondary N) is 3. The van der Waals surface area contributed by atoms with Crippen molar-refractivity contribution in [3.05, 3.63) is 30.5 Å². The van der Waals surface area contributed by atoms with E-state index in [9.17, 15) is 9.59 Å². The number of aromatic nitrogens is 5. The van der Waals surface area contributed by atoms with E-state index in [1.165, 1.54) is 10.9 Å². The Morgan fingerprint density at radius 1 is 1.22 bits per heavy atom. The standard InChI is InChI=1S/C14H15N7O2/c1-2-12(22)15-11-7-21(20-18-11)8-13(23)16-14-9-5-3-4-6-10(9)17-19-14/h3-7H,2,8H2,1H3,(H,15,22)(H2,16,17,19,23). The molecule has 0 aliphatic carbocycles. The summed E-state index contributed by atoms with van der Waals surface area (Å²) in [6.45, 7) is 1.71. The molecule has 0 spiro atoms. The Morgan fingerprint density at radius 2 is 2.04 bits per heavy atom. The van der Waals surface area contributed by atoms with Crippen molar-refractivity contribution in [3.8, 4) is 0 Å². The Kier molecular flexibility index (Phi) is 4.00. The van der Waals surface area contributed by atoms with Crippen molar-refractivity contribution in [1.29, 1.82) is 0 Å². The number of fused-ring (bicyclic) bond motifs is 1. The molecule has 9 nitrogen and oxygen atoms in total. The van der Waals surface area contributed by atoms with Crippen LogP contribution in [0.2, 0.25) is 0 Å². The van der Waals surface area contributed by atoms with Crippen LogP contribution in [-0.4, -0.2) is 37.0 Å². The van der Waals surface area contributed by atoms with Crippen molar-refractivity contribution in [2.75, 3.05) is 10.6 Å². The summed E-state index contributed by atoms with van der Waals surface area (Å²) in [5.41, 5.74) is 0.841. The molecule has 0 saturated heterocycles. The van der Waals surface area contributed by atoms with Crippen LogP contribution in [0.5, 0.6) is 0 Å². The third-order valence-corrected chi connectivity index (χ3v) is 3.16. The van der Waals surface area contributed by atoms with E-state index < -0.39 is 0 Å². The molecule has 2 amide bonds. The van der Waals surface area contributed by atoms with Gasteiger partial charge in [-0.25, -0.2) is 4.68 Å². The molecule has 2 heterocycles. The summed E-state index contributed by atoms with van der Waals surface area (Å²) in [6, 6.07) is 7.49. The fourth-order valence-corrected chi connectivity index (χ4v) is 2.04.